The Hall–Kier alpha value is -0.550. The van der Waals surface area contributed by atoms with Gasteiger partial charge in [0.15, 0.2) is 0 Å². The van der Waals surface area contributed by atoms with Gasteiger partial charge in [0.2, 0.25) is 0 Å². The van der Waals surface area contributed by atoms with Gasteiger partial charge in [0, 0.05) is 0 Å². The first-order chi connectivity index (χ1) is 4.33. The molecule has 1 heterocycles. The van der Waals surface area contributed by atoms with Gasteiger partial charge in [0.05, 0.1) is 12.1 Å². The predicted octanol–water partition coefficient (Wildman–Crippen LogP) is 0.898. The van der Waals surface area contributed by atoms with E-state index in [1.165, 1.54) is 6.42 Å². The van der Waals surface area contributed by atoms with Gasteiger partial charge in [-0.1, -0.05) is 6.92 Å². The highest BCUT2D eigenvalue weighted by Gasteiger charge is 2.15. The van der Waals surface area contributed by atoms with Crippen LogP contribution in [0.2, 0.25) is 0 Å². The highest BCUT2D eigenvalue weighted by Crippen LogP contribution is 2.11. The van der Waals surface area contributed by atoms with E-state index in [0.29, 0.717) is 0 Å². The summed E-state index contributed by atoms with van der Waals surface area (Å²) in [6.45, 7) is 3.22. The molecule has 0 aromatic rings. The zero-order valence-electron chi connectivity index (χ0n) is 5.72. The van der Waals surface area contributed by atoms with Gasteiger partial charge in [-0.2, -0.15) is 5.26 Å². The summed E-state index contributed by atoms with van der Waals surface area (Å²) in [7, 11) is 0. The van der Waals surface area contributed by atoms with Crippen LogP contribution in [-0.4, -0.2) is 12.6 Å². The summed E-state index contributed by atoms with van der Waals surface area (Å²) in [5, 5.41) is 11.6. The quantitative estimate of drug-likeness (QED) is 0.520. The molecule has 0 spiro atoms. The normalized spacial score (nSPS) is 35.6. The van der Waals surface area contributed by atoms with Gasteiger partial charge >= 0.3 is 0 Å². The molecule has 0 saturated carbocycles. The molecule has 1 aliphatic rings. The van der Waals surface area contributed by atoms with Crippen LogP contribution in [-0.2, 0) is 0 Å². The van der Waals surface area contributed by atoms with Gasteiger partial charge in [-0.25, -0.2) is 0 Å². The van der Waals surface area contributed by atoms with Crippen molar-refractivity contribution >= 4 is 0 Å². The Kier molecular flexibility index (Phi) is 2.07. The lowest BCUT2D eigenvalue weighted by atomic mass is 9.97. The molecule has 50 valence electrons. The Morgan fingerprint density at radius 3 is 2.78 bits per heavy atom. The Morgan fingerprint density at radius 1 is 1.56 bits per heavy atom. The third-order valence-corrected chi connectivity index (χ3v) is 1.82. The van der Waals surface area contributed by atoms with Gasteiger partial charge in [0.1, 0.15) is 0 Å². The molecule has 1 N–H and O–H groups in total. The summed E-state index contributed by atoms with van der Waals surface area (Å²) < 4.78 is 0. The van der Waals surface area contributed by atoms with Gasteiger partial charge in [-0.3, -0.25) is 0 Å². The van der Waals surface area contributed by atoms with E-state index in [4.69, 9.17) is 5.26 Å². The van der Waals surface area contributed by atoms with Gasteiger partial charge < -0.3 is 5.32 Å². The van der Waals surface area contributed by atoms with Crippen molar-refractivity contribution in [1.29, 1.82) is 5.26 Å². The van der Waals surface area contributed by atoms with E-state index >= 15 is 0 Å². The van der Waals surface area contributed by atoms with Crippen LogP contribution in [0, 0.1) is 17.2 Å². The van der Waals surface area contributed by atoms with E-state index in [1.807, 2.05) is 0 Å². The molecule has 1 aliphatic heterocycles. The van der Waals surface area contributed by atoms with E-state index < -0.39 is 0 Å². The lowest BCUT2D eigenvalue weighted by Crippen LogP contribution is -2.36. The molecular weight excluding hydrogens is 112 g/mol. The number of nitrogens with one attached hydrogen (secondary N) is 1. The second-order valence-electron chi connectivity index (χ2n) is 2.77. The summed E-state index contributed by atoms with van der Waals surface area (Å²) in [6.07, 6.45) is 2.23. The van der Waals surface area contributed by atoms with Crippen molar-refractivity contribution in [2.75, 3.05) is 6.54 Å². The molecule has 9 heavy (non-hydrogen) atoms. The number of nitriles is 1. The van der Waals surface area contributed by atoms with E-state index in [-0.39, 0.29) is 6.04 Å². The molecule has 0 aliphatic carbocycles. The monoisotopic (exact) mass is 124 g/mol. The number of hydrogen-bond acceptors (Lipinski definition) is 2. The Balaban J connectivity index is 2.28. The summed E-state index contributed by atoms with van der Waals surface area (Å²) in [5.41, 5.74) is 0. The molecular formula is C7H12N2. The average Bonchev–Trinajstić information content (AvgIpc) is 1.90. The maximum absolute atomic E-state index is 8.46. The number of rotatable bonds is 0. The van der Waals surface area contributed by atoms with Crippen LogP contribution in [0.25, 0.3) is 0 Å². The SMILES string of the molecule is CC1CC[C@@H](C#N)NC1. The van der Waals surface area contributed by atoms with E-state index in [1.54, 1.807) is 0 Å². The minimum absolute atomic E-state index is 0.126. The smallest absolute Gasteiger partial charge is 0.0953 e. The van der Waals surface area contributed by atoms with E-state index in [0.717, 1.165) is 18.9 Å². The predicted molar refractivity (Wildman–Crippen MR) is 35.8 cm³/mol. The summed E-state index contributed by atoms with van der Waals surface area (Å²) >= 11 is 0. The van der Waals surface area contributed by atoms with Crippen molar-refractivity contribution in [3.05, 3.63) is 0 Å². The molecule has 0 radical (unpaired) electrons. The van der Waals surface area contributed by atoms with E-state index in [2.05, 4.69) is 18.3 Å². The largest absolute Gasteiger partial charge is 0.302 e. The Labute approximate surface area is 55.9 Å². The molecule has 1 unspecified atom stereocenters. The topological polar surface area (TPSA) is 35.8 Å². The summed E-state index contributed by atoms with van der Waals surface area (Å²) in [6, 6.07) is 2.34. The first-order valence-corrected chi connectivity index (χ1v) is 3.46. The lowest BCUT2D eigenvalue weighted by Gasteiger charge is -2.22. The summed E-state index contributed by atoms with van der Waals surface area (Å²) in [4.78, 5) is 0. The van der Waals surface area contributed by atoms with E-state index in [9.17, 15) is 0 Å². The molecule has 0 aromatic carbocycles. The third kappa shape index (κ3) is 1.69. The van der Waals surface area contributed by atoms with Crippen LogP contribution in [0.4, 0.5) is 0 Å². The fraction of sp³-hybridized carbons (Fsp3) is 0.857. The Bertz CT molecular complexity index is 117. The minimum atomic E-state index is 0.126. The Morgan fingerprint density at radius 2 is 2.33 bits per heavy atom. The van der Waals surface area contributed by atoms with Crippen molar-refractivity contribution in [2.45, 2.75) is 25.8 Å². The third-order valence-electron chi connectivity index (χ3n) is 1.82. The molecule has 0 aromatic heterocycles. The fourth-order valence-corrected chi connectivity index (χ4v) is 1.11. The van der Waals surface area contributed by atoms with Crippen LogP contribution in [0.3, 0.4) is 0 Å². The standard InChI is InChI=1S/C7H12N2/c1-6-2-3-7(4-8)9-5-6/h6-7,9H,2-3,5H2,1H3/t6?,7-/m0/s1. The number of piperidine rings is 1. The van der Waals surface area contributed by atoms with Crippen molar-refractivity contribution in [1.82, 2.24) is 5.32 Å². The molecule has 0 amide bonds. The van der Waals surface area contributed by atoms with Crippen molar-refractivity contribution < 1.29 is 0 Å². The maximum Gasteiger partial charge on any atom is 0.0953 e. The minimum Gasteiger partial charge on any atom is -0.302 e. The van der Waals surface area contributed by atoms with Gasteiger partial charge in [0.25, 0.3) is 0 Å². The molecule has 2 nitrogen and oxygen atoms in total. The second-order valence-corrected chi connectivity index (χ2v) is 2.77. The van der Waals surface area contributed by atoms with Gasteiger partial charge in [-0.15, -0.1) is 0 Å². The van der Waals surface area contributed by atoms with Crippen molar-refractivity contribution in [2.24, 2.45) is 5.92 Å². The highest BCUT2D eigenvalue weighted by atomic mass is 14.9. The molecule has 1 rings (SSSR count). The molecule has 2 atom stereocenters. The zero-order chi connectivity index (χ0) is 6.69. The number of hydrogen-bond donors (Lipinski definition) is 1. The average molecular weight is 124 g/mol. The second kappa shape index (κ2) is 2.84. The highest BCUT2D eigenvalue weighted by molar-refractivity contribution is 4.92. The molecule has 2 heteroatoms. The van der Waals surface area contributed by atoms with Crippen LogP contribution < -0.4 is 5.32 Å². The number of nitrogens with zero attached hydrogens (tertiary/aromatic N) is 1. The van der Waals surface area contributed by atoms with Crippen LogP contribution in [0.15, 0.2) is 0 Å². The zero-order valence-corrected chi connectivity index (χ0v) is 5.72. The first kappa shape index (κ1) is 6.57. The molecule has 1 fully saturated rings. The van der Waals surface area contributed by atoms with Crippen LogP contribution in [0.5, 0.6) is 0 Å². The van der Waals surface area contributed by atoms with Crippen LogP contribution in [0.1, 0.15) is 19.8 Å². The van der Waals surface area contributed by atoms with Crippen molar-refractivity contribution in [3.63, 3.8) is 0 Å². The van der Waals surface area contributed by atoms with Gasteiger partial charge in [-0.05, 0) is 25.3 Å². The van der Waals surface area contributed by atoms with Crippen molar-refractivity contribution in [3.8, 4) is 6.07 Å². The molecule has 1 saturated heterocycles. The first-order valence-electron chi connectivity index (χ1n) is 3.46. The molecule has 0 bridgehead atoms. The maximum atomic E-state index is 8.46. The lowest BCUT2D eigenvalue weighted by molar-refractivity contribution is 0.366. The van der Waals surface area contributed by atoms with Crippen LogP contribution >= 0.6 is 0 Å². The summed E-state index contributed by atoms with van der Waals surface area (Å²) in [5.74, 6) is 0.759. The fourth-order valence-electron chi connectivity index (χ4n) is 1.11.